The Morgan fingerprint density at radius 1 is 1.21 bits per heavy atom. The van der Waals surface area contributed by atoms with Gasteiger partial charge in [0.2, 0.25) is 0 Å². The fourth-order valence-corrected chi connectivity index (χ4v) is 2.13. The first kappa shape index (κ1) is 13.8. The van der Waals surface area contributed by atoms with Crippen LogP contribution in [0.2, 0.25) is 5.02 Å². The molecule has 0 amide bonds. The minimum absolute atomic E-state index is 0.0743. The van der Waals surface area contributed by atoms with Crippen molar-refractivity contribution in [3.8, 4) is 0 Å². The summed E-state index contributed by atoms with van der Waals surface area (Å²) in [4.78, 5) is 0. The molecule has 0 aliphatic rings. The highest BCUT2D eigenvalue weighted by atomic mass is 35.5. The zero-order chi connectivity index (χ0) is 13.8. The minimum Gasteiger partial charge on any atom is -0.394 e. The van der Waals surface area contributed by atoms with E-state index in [1.54, 1.807) is 18.2 Å². The summed E-state index contributed by atoms with van der Waals surface area (Å²) in [5, 5.41) is 13.4. The molecule has 1 atom stereocenters. The van der Waals surface area contributed by atoms with Crippen LogP contribution in [0, 0.1) is 12.7 Å². The van der Waals surface area contributed by atoms with Gasteiger partial charge in [-0.3, -0.25) is 0 Å². The van der Waals surface area contributed by atoms with E-state index in [4.69, 9.17) is 11.6 Å². The lowest BCUT2D eigenvalue weighted by atomic mass is 10.0. The topological polar surface area (TPSA) is 32.3 Å². The van der Waals surface area contributed by atoms with E-state index in [1.807, 2.05) is 19.1 Å². The average Bonchev–Trinajstić information content (AvgIpc) is 2.39. The maximum absolute atomic E-state index is 13.1. The maximum atomic E-state index is 13.1. The Kier molecular flexibility index (Phi) is 4.40. The van der Waals surface area contributed by atoms with Gasteiger partial charge < -0.3 is 10.4 Å². The largest absolute Gasteiger partial charge is 0.394 e. The van der Waals surface area contributed by atoms with Gasteiger partial charge in [0, 0.05) is 10.7 Å². The number of aryl methyl sites for hydroxylation is 1. The number of hydrogen-bond donors (Lipinski definition) is 2. The molecular weight excluding hydrogens is 265 g/mol. The second-order valence-electron chi connectivity index (χ2n) is 4.39. The molecule has 2 aromatic rings. The lowest BCUT2D eigenvalue weighted by Crippen LogP contribution is -2.16. The van der Waals surface area contributed by atoms with Crippen molar-refractivity contribution in [1.82, 2.24) is 0 Å². The normalized spacial score (nSPS) is 12.2. The van der Waals surface area contributed by atoms with E-state index in [0.29, 0.717) is 5.02 Å². The summed E-state index contributed by atoms with van der Waals surface area (Å²) < 4.78 is 13.1. The van der Waals surface area contributed by atoms with Crippen LogP contribution in [0.5, 0.6) is 0 Å². The highest BCUT2D eigenvalue weighted by Crippen LogP contribution is 2.23. The molecule has 0 aliphatic heterocycles. The van der Waals surface area contributed by atoms with Crippen molar-refractivity contribution in [2.24, 2.45) is 0 Å². The van der Waals surface area contributed by atoms with E-state index in [-0.39, 0.29) is 18.5 Å². The first-order valence-corrected chi connectivity index (χ1v) is 6.37. The SMILES string of the molecule is Cc1cc(F)ccc1C(CO)Nc1ccc(Cl)cc1. The molecule has 2 N–H and O–H groups in total. The summed E-state index contributed by atoms with van der Waals surface area (Å²) in [7, 11) is 0. The fraction of sp³-hybridized carbons (Fsp3) is 0.200. The number of aliphatic hydroxyl groups is 1. The Balaban J connectivity index is 2.22. The summed E-state index contributed by atoms with van der Waals surface area (Å²) in [5.41, 5.74) is 2.53. The van der Waals surface area contributed by atoms with E-state index < -0.39 is 0 Å². The molecule has 0 aliphatic carbocycles. The number of rotatable bonds is 4. The first-order valence-electron chi connectivity index (χ1n) is 5.99. The zero-order valence-corrected chi connectivity index (χ0v) is 11.3. The second kappa shape index (κ2) is 6.04. The van der Waals surface area contributed by atoms with Crippen molar-refractivity contribution in [2.45, 2.75) is 13.0 Å². The molecule has 0 saturated heterocycles. The van der Waals surface area contributed by atoms with Crippen molar-refractivity contribution in [3.05, 3.63) is 64.4 Å². The molecule has 0 bridgehead atoms. The first-order chi connectivity index (χ1) is 9.10. The van der Waals surface area contributed by atoms with Crippen LogP contribution in [0.3, 0.4) is 0 Å². The standard InChI is InChI=1S/C15H15ClFNO/c1-10-8-12(17)4-7-14(10)15(9-19)18-13-5-2-11(16)3-6-13/h2-8,15,18-19H,9H2,1H3. The molecule has 0 saturated carbocycles. The van der Waals surface area contributed by atoms with Crippen LogP contribution >= 0.6 is 11.6 Å². The van der Waals surface area contributed by atoms with Gasteiger partial charge in [-0.2, -0.15) is 0 Å². The van der Waals surface area contributed by atoms with Crippen molar-refractivity contribution < 1.29 is 9.50 Å². The molecule has 0 heterocycles. The smallest absolute Gasteiger partial charge is 0.123 e. The van der Waals surface area contributed by atoms with Crippen LogP contribution in [-0.4, -0.2) is 11.7 Å². The highest BCUT2D eigenvalue weighted by Gasteiger charge is 2.13. The van der Waals surface area contributed by atoms with Crippen molar-refractivity contribution in [3.63, 3.8) is 0 Å². The van der Waals surface area contributed by atoms with Crippen LogP contribution in [-0.2, 0) is 0 Å². The molecular formula is C15H15ClFNO. The summed E-state index contributed by atoms with van der Waals surface area (Å²) in [5.74, 6) is -0.274. The van der Waals surface area contributed by atoms with Gasteiger partial charge in [0.15, 0.2) is 0 Å². The monoisotopic (exact) mass is 279 g/mol. The average molecular weight is 280 g/mol. The number of aliphatic hydroxyl groups excluding tert-OH is 1. The lowest BCUT2D eigenvalue weighted by Gasteiger charge is -2.20. The third-order valence-electron chi connectivity index (χ3n) is 2.97. The number of nitrogens with one attached hydrogen (secondary N) is 1. The van der Waals surface area contributed by atoms with Gasteiger partial charge in [-0.25, -0.2) is 4.39 Å². The Bertz CT molecular complexity index is 557. The molecule has 0 fully saturated rings. The molecule has 0 spiro atoms. The van der Waals surface area contributed by atoms with Crippen molar-refractivity contribution in [2.75, 3.05) is 11.9 Å². The fourth-order valence-electron chi connectivity index (χ4n) is 2.00. The number of hydrogen-bond acceptors (Lipinski definition) is 2. The van der Waals surface area contributed by atoms with Gasteiger partial charge in [0.25, 0.3) is 0 Å². The van der Waals surface area contributed by atoms with Gasteiger partial charge in [-0.1, -0.05) is 17.7 Å². The van der Waals surface area contributed by atoms with Crippen molar-refractivity contribution >= 4 is 17.3 Å². The highest BCUT2D eigenvalue weighted by molar-refractivity contribution is 6.30. The van der Waals surface area contributed by atoms with Crippen LogP contribution < -0.4 is 5.32 Å². The van der Waals surface area contributed by atoms with Crippen LogP contribution in [0.25, 0.3) is 0 Å². The van der Waals surface area contributed by atoms with E-state index in [1.165, 1.54) is 12.1 Å². The van der Waals surface area contributed by atoms with Gasteiger partial charge in [0.1, 0.15) is 5.82 Å². The lowest BCUT2D eigenvalue weighted by molar-refractivity contribution is 0.276. The third-order valence-corrected chi connectivity index (χ3v) is 3.23. The molecule has 2 rings (SSSR count). The predicted octanol–water partition coefficient (Wildman–Crippen LogP) is 3.93. The van der Waals surface area contributed by atoms with Gasteiger partial charge >= 0.3 is 0 Å². The second-order valence-corrected chi connectivity index (χ2v) is 4.82. The molecule has 2 nitrogen and oxygen atoms in total. The summed E-state index contributed by atoms with van der Waals surface area (Å²) in [6.07, 6.45) is 0. The molecule has 0 aromatic heterocycles. The Hall–Kier alpha value is -1.58. The molecule has 19 heavy (non-hydrogen) atoms. The number of benzene rings is 2. The van der Waals surface area contributed by atoms with E-state index in [0.717, 1.165) is 16.8 Å². The predicted molar refractivity (Wildman–Crippen MR) is 76.0 cm³/mol. The molecule has 100 valence electrons. The number of halogens is 2. The van der Waals surface area contributed by atoms with Gasteiger partial charge in [0.05, 0.1) is 12.6 Å². The maximum Gasteiger partial charge on any atom is 0.123 e. The quantitative estimate of drug-likeness (QED) is 0.889. The summed E-state index contributed by atoms with van der Waals surface area (Å²) >= 11 is 5.82. The van der Waals surface area contributed by atoms with Crippen molar-refractivity contribution in [1.29, 1.82) is 0 Å². The van der Waals surface area contributed by atoms with Crippen LogP contribution in [0.1, 0.15) is 17.2 Å². The van der Waals surface area contributed by atoms with E-state index in [2.05, 4.69) is 5.32 Å². The minimum atomic E-state index is -0.276. The molecule has 2 aromatic carbocycles. The molecule has 1 unspecified atom stereocenters. The Labute approximate surface area is 116 Å². The van der Waals surface area contributed by atoms with E-state index in [9.17, 15) is 9.50 Å². The van der Waals surface area contributed by atoms with Crippen LogP contribution in [0.4, 0.5) is 10.1 Å². The summed E-state index contributed by atoms with van der Waals surface area (Å²) in [6.45, 7) is 1.75. The van der Waals surface area contributed by atoms with Crippen LogP contribution in [0.15, 0.2) is 42.5 Å². The number of anilines is 1. The summed E-state index contributed by atoms with van der Waals surface area (Å²) in [6, 6.07) is 11.5. The van der Waals surface area contributed by atoms with Gasteiger partial charge in [-0.15, -0.1) is 0 Å². The van der Waals surface area contributed by atoms with E-state index >= 15 is 0 Å². The zero-order valence-electron chi connectivity index (χ0n) is 10.5. The third kappa shape index (κ3) is 3.46. The Morgan fingerprint density at radius 2 is 1.89 bits per heavy atom. The Morgan fingerprint density at radius 3 is 2.47 bits per heavy atom. The molecule has 4 heteroatoms. The van der Waals surface area contributed by atoms with Gasteiger partial charge in [-0.05, 0) is 54.4 Å². The molecule has 0 radical (unpaired) electrons.